The molecule has 0 aliphatic heterocycles. The van der Waals surface area contributed by atoms with E-state index < -0.39 is 0 Å². The second kappa shape index (κ2) is 5.58. The Morgan fingerprint density at radius 3 is 2.33 bits per heavy atom. The number of rotatable bonds is 4. The Kier molecular flexibility index (Phi) is 3.47. The normalized spacial score (nSPS) is 10.3. The van der Waals surface area contributed by atoms with Crippen LogP contribution in [0, 0.1) is 4.91 Å². The second-order valence-electron chi connectivity index (χ2n) is 4.52. The molecule has 21 heavy (non-hydrogen) atoms. The van der Waals surface area contributed by atoms with Gasteiger partial charge in [-0.1, -0.05) is 4.68 Å². The zero-order valence-corrected chi connectivity index (χ0v) is 11.5. The van der Waals surface area contributed by atoms with E-state index in [0.717, 1.165) is 22.7 Å². The fourth-order valence-electron chi connectivity index (χ4n) is 2.20. The van der Waals surface area contributed by atoms with E-state index in [2.05, 4.69) is 10.3 Å². The maximum atomic E-state index is 10.5. The van der Waals surface area contributed by atoms with Gasteiger partial charge in [0.1, 0.15) is 11.4 Å². The maximum absolute atomic E-state index is 10.5. The monoisotopic (exact) mass is 280 g/mol. The number of nitroso groups, excluding NO2 is 1. The average molecular weight is 280 g/mol. The van der Waals surface area contributed by atoms with Crippen molar-refractivity contribution < 1.29 is 9.42 Å². The summed E-state index contributed by atoms with van der Waals surface area (Å²) in [5, 5.41) is 6.09. The summed E-state index contributed by atoms with van der Waals surface area (Å²) in [4.78, 5) is 10.5. The van der Waals surface area contributed by atoms with Crippen LogP contribution in [0.4, 0.5) is 5.69 Å². The smallest absolute Gasteiger partial charge is 0.245 e. The third-order valence-corrected chi connectivity index (χ3v) is 3.28. The highest BCUT2D eigenvalue weighted by Crippen LogP contribution is 2.21. The van der Waals surface area contributed by atoms with E-state index >= 15 is 0 Å². The highest BCUT2D eigenvalue weighted by Gasteiger charge is 2.17. The summed E-state index contributed by atoms with van der Waals surface area (Å²) in [6.07, 6.45) is 1.87. The summed E-state index contributed by atoms with van der Waals surface area (Å²) in [5.41, 5.74) is 3.41. The molecule has 0 fully saturated rings. The van der Waals surface area contributed by atoms with Crippen molar-refractivity contribution in [1.82, 2.24) is 5.10 Å². The van der Waals surface area contributed by atoms with Crippen molar-refractivity contribution in [1.29, 1.82) is 0 Å². The molecule has 0 saturated heterocycles. The Balaban J connectivity index is 2.00. The largest absolute Gasteiger partial charge is 0.497 e. The van der Waals surface area contributed by atoms with Gasteiger partial charge in [0.15, 0.2) is 0 Å². The average Bonchev–Trinajstić information content (AvgIpc) is 3.04. The summed E-state index contributed by atoms with van der Waals surface area (Å²) in [6, 6.07) is 16.9. The highest BCUT2D eigenvalue weighted by molar-refractivity contribution is 5.59. The molecule has 2 aromatic carbocycles. The molecule has 0 aliphatic carbocycles. The van der Waals surface area contributed by atoms with Crippen molar-refractivity contribution in [2.75, 3.05) is 7.11 Å². The first-order chi connectivity index (χ1) is 10.3. The molecule has 0 radical (unpaired) electrons. The number of hydrogen-bond acceptors (Lipinski definition) is 3. The molecule has 0 bridgehead atoms. The zero-order valence-electron chi connectivity index (χ0n) is 11.5. The van der Waals surface area contributed by atoms with Crippen molar-refractivity contribution >= 4 is 5.69 Å². The van der Waals surface area contributed by atoms with Gasteiger partial charge in [0.2, 0.25) is 11.4 Å². The van der Waals surface area contributed by atoms with Crippen LogP contribution in [0.1, 0.15) is 0 Å². The van der Waals surface area contributed by atoms with Crippen LogP contribution in [0.3, 0.4) is 0 Å². The van der Waals surface area contributed by atoms with Gasteiger partial charge in [-0.15, -0.1) is 4.91 Å². The van der Waals surface area contributed by atoms with Crippen molar-refractivity contribution in [3.8, 4) is 22.7 Å². The minimum Gasteiger partial charge on any atom is -0.497 e. The lowest BCUT2D eigenvalue weighted by Crippen LogP contribution is -2.34. The lowest BCUT2D eigenvalue weighted by atomic mass is 10.1. The highest BCUT2D eigenvalue weighted by atomic mass is 16.5. The van der Waals surface area contributed by atoms with E-state index in [1.807, 2.05) is 53.3 Å². The maximum Gasteiger partial charge on any atom is 0.245 e. The van der Waals surface area contributed by atoms with Crippen molar-refractivity contribution in [2.45, 2.75) is 0 Å². The van der Waals surface area contributed by atoms with Crippen LogP contribution in [0.25, 0.3) is 16.9 Å². The number of nitrogens with zero attached hydrogens (tertiary/aromatic N) is 2. The van der Waals surface area contributed by atoms with Crippen LogP contribution in [-0.4, -0.2) is 12.2 Å². The third kappa shape index (κ3) is 2.53. The number of hydrogen-bond donors (Lipinski definition) is 1. The van der Waals surface area contributed by atoms with E-state index in [1.54, 1.807) is 19.2 Å². The number of H-pyrrole nitrogens is 1. The summed E-state index contributed by atoms with van der Waals surface area (Å²) in [6.45, 7) is 0. The number of ether oxygens (including phenoxy) is 1. The quantitative estimate of drug-likeness (QED) is 0.588. The Bertz CT molecular complexity index is 746. The van der Waals surface area contributed by atoms with Gasteiger partial charge < -0.3 is 4.74 Å². The van der Waals surface area contributed by atoms with Gasteiger partial charge >= 0.3 is 0 Å². The van der Waals surface area contributed by atoms with Crippen LogP contribution in [0.15, 0.2) is 66.0 Å². The summed E-state index contributed by atoms with van der Waals surface area (Å²) in [7, 11) is 1.64. The van der Waals surface area contributed by atoms with Crippen molar-refractivity contribution in [3.63, 3.8) is 0 Å². The van der Waals surface area contributed by atoms with Gasteiger partial charge in [0.25, 0.3) is 0 Å². The molecule has 1 N–H and O–H groups in total. The Morgan fingerprint density at radius 2 is 1.71 bits per heavy atom. The van der Waals surface area contributed by atoms with Crippen molar-refractivity contribution in [2.24, 2.45) is 5.18 Å². The first-order valence-corrected chi connectivity index (χ1v) is 6.49. The van der Waals surface area contributed by atoms with E-state index in [4.69, 9.17) is 4.74 Å². The minimum absolute atomic E-state index is 0.422. The molecule has 1 heterocycles. The number of methoxy groups -OCH3 is 1. The van der Waals surface area contributed by atoms with Crippen LogP contribution < -0.4 is 9.42 Å². The van der Waals surface area contributed by atoms with Crippen LogP contribution in [-0.2, 0) is 0 Å². The molecule has 0 spiro atoms. The number of aromatic nitrogens is 2. The fourth-order valence-corrected chi connectivity index (χ4v) is 2.20. The molecular formula is C16H14N3O2+. The van der Waals surface area contributed by atoms with Gasteiger partial charge in [0, 0.05) is 23.8 Å². The number of nitrogens with one attached hydrogen (secondary N) is 1. The predicted molar refractivity (Wildman–Crippen MR) is 79.8 cm³/mol. The number of benzene rings is 2. The number of aromatic amines is 1. The van der Waals surface area contributed by atoms with Gasteiger partial charge in [-0.05, 0) is 41.6 Å². The topological polar surface area (TPSA) is 58.3 Å². The Labute approximate surface area is 121 Å². The first-order valence-electron chi connectivity index (χ1n) is 6.49. The summed E-state index contributed by atoms with van der Waals surface area (Å²) in [5.74, 6) is 0.814. The van der Waals surface area contributed by atoms with Gasteiger partial charge in [-0.3, -0.25) is 0 Å². The summed E-state index contributed by atoms with van der Waals surface area (Å²) < 4.78 is 7.13. The molecule has 104 valence electrons. The third-order valence-electron chi connectivity index (χ3n) is 3.28. The summed E-state index contributed by atoms with van der Waals surface area (Å²) >= 11 is 0. The molecule has 0 saturated carbocycles. The van der Waals surface area contributed by atoms with Gasteiger partial charge in [-0.2, -0.15) is 5.10 Å². The lowest BCUT2D eigenvalue weighted by Gasteiger charge is -2.00. The molecule has 0 unspecified atom stereocenters. The molecule has 3 rings (SSSR count). The van der Waals surface area contributed by atoms with E-state index in [-0.39, 0.29) is 0 Å². The van der Waals surface area contributed by atoms with Gasteiger partial charge in [-0.25, -0.2) is 0 Å². The fraction of sp³-hybridized carbons (Fsp3) is 0.0625. The van der Waals surface area contributed by atoms with Gasteiger partial charge in [0.05, 0.1) is 13.3 Å². The Morgan fingerprint density at radius 1 is 1.00 bits per heavy atom. The zero-order chi connectivity index (χ0) is 14.7. The second-order valence-corrected chi connectivity index (χ2v) is 4.52. The van der Waals surface area contributed by atoms with E-state index in [1.165, 1.54) is 0 Å². The molecule has 3 aromatic rings. The molecule has 0 aliphatic rings. The van der Waals surface area contributed by atoms with Crippen LogP contribution in [0.5, 0.6) is 5.75 Å². The van der Waals surface area contributed by atoms with Crippen LogP contribution >= 0.6 is 0 Å². The Hall–Kier alpha value is -2.95. The van der Waals surface area contributed by atoms with E-state index in [9.17, 15) is 4.91 Å². The molecule has 5 nitrogen and oxygen atoms in total. The predicted octanol–water partition coefficient (Wildman–Crippen LogP) is 3.36. The molecule has 1 aromatic heterocycles. The lowest BCUT2D eigenvalue weighted by molar-refractivity contribution is -0.644. The molecular weight excluding hydrogens is 266 g/mol. The van der Waals surface area contributed by atoms with Crippen LogP contribution in [0.2, 0.25) is 0 Å². The van der Waals surface area contributed by atoms with E-state index in [0.29, 0.717) is 5.69 Å². The molecule has 5 heteroatoms. The molecule has 0 amide bonds. The first kappa shape index (κ1) is 13.1. The SMILES string of the molecule is COc1ccc(-[n+]2[nH]ccc2-c2ccc(N=O)cc2)cc1. The standard InChI is InChI=1S/C16H13N3O2/c1-21-15-8-6-14(7-9-15)19-16(10-11-17-19)12-2-4-13(18-20)5-3-12/h2-11H,1H3/p+1. The molecule has 0 atom stereocenters. The van der Waals surface area contributed by atoms with Crippen molar-refractivity contribution in [3.05, 3.63) is 65.7 Å². The minimum atomic E-state index is 0.422.